The van der Waals surface area contributed by atoms with Crippen molar-refractivity contribution >= 4 is 24.2 Å². The molecule has 0 aliphatic carbocycles. The van der Waals surface area contributed by atoms with Gasteiger partial charge in [-0.1, -0.05) is 12.1 Å². The van der Waals surface area contributed by atoms with Crippen molar-refractivity contribution in [3.05, 3.63) is 89.3 Å². The van der Waals surface area contributed by atoms with Gasteiger partial charge in [-0.15, -0.1) is 24.7 Å². The maximum Gasteiger partial charge on any atom is 0.508 e. The number of aromatic nitrogens is 2. The van der Waals surface area contributed by atoms with Crippen molar-refractivity contribution in [2.45, 2.75) is 39.5 Å². The molecule has 3 rings (SSSR count). The van der Waals surface area contributed by atoms with Gasteiger partial charge in [0.05, 0.1) is 13.2 Å². The van der Waals surface area contributed by atoms with E-state index in [1.54, 1.807) is 12.4 Å². The minimum absolute atomic E-state index is 0.0431. The number of terminal acetylenes is 2. The molecule has 0 saturated heterocycles. The number of hydrogen-bond acceptors (Lipinski definition) is 14. The molecule has 0 aliphatic rings. The number of halogens is 5. The van der Waals surface area contributed by atoms with Gasteiger partial charge < -0.3 is 44.9 Å². The molecule has 326 valence electrons. The molecule has 0 bridgehead atoms. The molecular formula is C40H45F5N4O11. The summed E-state index contributed by atoms with van der Waals surface area (Å²) in [6, 6.07) is 11.4. The molecule has 5 N–H and O–H groups in total. The first kappa shape index (κ1) is 51.7. The molecule has 2 atom stereocenters. The fraction of sp³-hybridized carbons (Fsp3) is 0.400. The number of nitrogens with one attached hydrogen (secondary N) is 1. The van der Waals surface area contributed by atoms with Crippen LogP contribution in [0.15, 0.2) is 48.8 Å². The molecule has 60 heavy (non-hydrogen) atoms. The first-order chi connectivity index (χ1) is 28.5. The van der Waals surface area contributed by atoms with Crippen LogP contribution in [0.4, 0.5) is 31.5 Å². The average molecular weight is 853 g/mol. The van der Waals surface area contributed by atoms with Crippen LogP contribution in [-0.2, 0) is 41.4 Å². The number of carbonyl (C=O) groups excluding carboxylic acids is 4. The monoisotopic (exact) mass is 852 g/mol. The Morgan fingerprint density at radius 3 is 1.58 bits per heavy atom. The van der Waals surface area contributed by atoms with Gasteiger partial charge in [-0.2, -0.15) is 8.78 Å². The number of esters is 1. The zero-order chi connectivity index (χ0) is 45.1. The predicted octanol–water partition coefficient (Wildman–Crippen LogP) is 3.96. The van der Waals surface area contributed by atoms with E-state index >= 15 is 0 Å². The number of amides is 1. The molecule has 15 nitrogen and oxygen atoms in total. The maximum absolute atomic E-state index is 13.6. The molecule has 0 spiro atoms. The summed E-state index contributed by atoms with van der Waals surface area (Å²) in [6.45, 7) is 0.629. The molecule has 3 aromatic rings. The van der Waals surface area contributed by atoms with Crippen LogP contribution in [-0.4, -0.2) is 97.1 Å². The molecule has 20 heteroatoms. The molecule has 2 aromatic heterocycles. The van der Waals surface area contributed by atoms with E-state index in [1.807, 2.05) is 36.4 Å². The predicted molar refractivity (Wildman–Crippen MR) is 202 cm³/mol. The first-order valence-corrected chi connectivity index (χ1v) is 17.7. The normalized spacial score (nSPS) is 12.1. The minimum atomic E-state index is -2.44. The van der Waals surface area contributed by atoms with E-state index in [2.05, 4.69) is 41.3 Å². The van der Waals surface area contributed by atoms with Crippen molar-refractivity contribution in [2.24, 2.45) is 16.6 Å². The van der Waals surface area contributed by atoms with E-state index in [0.717, 1.165) is 24.7 Å². The van der Waals surface area contributed by atoms with Gasteiger partial charge in [-0.25, -0.2) is 22.8 Å². The van der Waals surface area contributed by atoms with E-state index in [0.29, 0.717) is 19.5 Å². The Kier molecular flexibility index (Phi) is 23.6. The number of pyridine rings is 2. The van der Waals surface area contributed by atoms with Crippen molar-refractivity contribution in [2.75, 3.05) is 52.7 Å². The van der Waals surface area contributed by atoms with Gasteiger partial charge in [-0.05, 0) is 44.7 Å². The van der Waals surface area contributed by atoms with E-state index in [9.17, 15) is 51.3 Å². The lowest BCUT2D eigenvalue weighted by atomic mass is 9.92. The van der Waals surface area contributed by atoms with Crippen LogP contribution in [0, 0.1) is 64.6 Å². The van der Waals surface area contributed by atoms with Gasteiger partial charge in [0, 0.05) is 56.0 Å². The molecule has 2 heterocycles. The number of aliphatic hydroxyl groups excluding tert-OH is 2. The average Bonchev–Trinajstić information content (AvgIpc) is 3.26. The summed E-state index contributed by atoms with van der Waals surface area (Å²) < 4.78 is 89.2. The molecule has 1 aromatic carbocycles. The van der Waals surface area contributed by atoms with Gasteiger partial charge >= 0.3 is 18.3 Å². The third kappa shape index (κ3) is 17.6. The summed E-state index contributed by atoms with van der Waals surface area (Å²) in [6.07, 6.45) is 13.0. The zero-order valence-electron chi connectivity index (χ0n) is 32.7. The van der Waals surface area contributed by atoms with E-state index in [4.69, 9.17) is 28.1 Å². The molecule has 0 fully saturated rings. The number of carbonyl (C=O) groups is 4. The highest BCUT2D eigenvalue weighted by molar-refractivity contribution is 5.82. The first-order valence-electron chi connectivity index (χ1n) is 17.7. The van der Waals surface area contributed by atoms with Crippen molar-refractivity contribution < 1.29 is 75.0 Å². The molecule has 2 unspecified atom stereocenters. The Balaban J connectivity index is 0.000000498. The van der Waals surface area contributed by atoms with Crippen LogP contribution in [0.25, 0.3) is 0 Å². The quantitative estimate of drug-likeness (QED) is 0.0271. The summed E-state index contributed by atoms with van der Waals surface area (Å²) in [5.74, 6) is -11.2. The van der Waals surface area contributed by atoms with Crippen LogP contribution >= 0.6 is 0 Å². The number of benzene rings is 1. The third-order valence-corrected chi connectivity index (χ3v) is 7.57. The highest BCUT2D eigenvalue weighted by Gasteiger charge is 2.39. The lowest BCUT2D eigenvalue weighted by molar-refractivity contribution is -0.151. The summed E-state index contributed by atoms with van der Waals surface area (Å²) >= 11 is 0. The highest BCUT2D eigenvalue weighted by Crippen LogP contribution is 2.31. The van der Waals surface area contributed by atoms with E-state index < -0.39 is 89.7 Å². The second-order valence-corrected chi connectivity index (χ2v) is 12.6. The number of ether oxygens (including phenoxy) is 5. The molecular weight excluding hydrogens is 807 g/mol. The summed E-state index contributed by atoms with van der Waals surface area (Å²) in [7, 11) is 0. The van der Waals surface area contributed by atoms with Crippen molar-refractivity contribution in [3.8, 4) is 30.4 Å². The number of rotatable bonds is 18. The van der Waals surface area contributed by atoms with Gasteiger partial charge in [0.15, 0.2) is 0 Å². The number of nitrogens with zero attached hydrogens (tertiary/aromatic N) is 2. The van der Waals surface area contributed by atoms with Crippen LogP contribution < -0.4 is 15.8 Å². The Bertz CT molecular complexity index is 1890. The second-order valence-electron chi connectivity index (χ2n) is 12.6. The Hall–Kier alpha value is -6.35. The standard InChI is InChI=1S/C17H22N2O5.C16H13F5O6.C7H10N2/c1-3-4-11-23-16(22)24-13-17(2,12-20)15(21)19-10-8-14-7-5-6-9-18-14;1-3-4-5-25-15(24)26-7-16(2,6-22)14(23)27-13-11(20)9(18)8(17)10(19)12(13)21;8-5-4-7-3-1-2-6-9-7/h1,5-7,9,20H,4,8,10-13H2,2H3,(H,19,21);1,22H,4-7H2,2H3;1-3,6H,4-5,8H2. The zero-order valence-corrected chi connectivity index (χ0v) is 32.7. The van der Waals surface area contributed by atoms with Crippen LogP contribution in [0.3, 0.4) is 0 Å². The molecule has 1 amide bonds. The lowest BCUT2D eigenvalue weighted by Gasteiger charge is -2.25. The van der Waals surface area contributed by atoms with Gasteiger partial charge in [-0.3, -0.25) is 19.6 Å². The smallest absolute Gasteiger partial charge is 0.433 e. The topological polar surface area (TPSA) is 219 Å². The SMILES string of the molecule is C#CCCOC(=O)OCC(C)(CO)C(=O)NCCc1ccccn1.C#CCCOC(=O)OCC(C)(CO)C(=O)Oc1c(F)c(F)c(F)c(F)c1F.NCCc1ccccn1. The van der Waals surface area contributed by atoms with Crippen molar-refractivity contribution in [1.29, 1.82) is 0 Å². The summed E-state index contributed by atoms with van der Waals surface area (Å²) in [5.41, 5.74) is 3.89. The Morgan fingerprint density at radius 2 is 1.17 bits per heavy atom. The van der Waals surface area contributed by atoms with E-state index in [1.165, 1.54) is 6.92 Å². The highest BCUT2D eigenvalue weighted by atomic mass is 19.2. The third-order valence-electron chi connectivity index (χ3n) is 7.57. The van der Waals surface area contributed by atoms with E-state index in [-0.39, 0.29) is 32.7 Å². The number of hydrogen-bond donors (Lipinski definition) is 4. The largest absolute Gasteiger partial charge is 0.508 e. The van der Waals surface area contributed by atoms with Crippen molar-refractivity contribution in [3.63, 3.8) is 0 Å². The number of aliphatic hydroxyl groups is 2. The van der Waals surface area contributed by atoms with Crippen LogP contribution in [0.2, 0.25) is 0 Å². The molecule has 0 radical (unpaired) electrons. The minimum Gasteiger partial charge on any atom is -0.433 e. The van der Waals surface area contributed by atoms with Crippen molar-refractivity contribution in [1.82, 2.24) is 15.3 Å². The second kappa shape index (κ2) is 27.4. The lowest BCUT2D eigenvalue weighted by Crippen LogP contribution is -2.45. The van der Waals surface area contributed by atoms with Crippen LogP contribution in [0.5, 0.6) is 5.75 Å². The summed E-state index contributed by atoms with van der Waals surface area (Å²) in [4.78, 5) is 55.1. The van der Waals surface area contributed by atoms with Crippen LogP contribution in [0.1, 0.15) is 38.1 Å². The Morgan fingerprint density at radius 1 is 0.717 bits per heavy atom. The fourth-order valence-corrected chi connectivity index (χ4v) is 3.91. The fourth-order valence-electron chi connectivity index (χ4n) is 3.91. The number of nitrogens with two attached hydrogens (primary N) is 1. The molecule has 0 saturated carbocycles. The summed E-state index contributed by atoms with van der Waals surface area (Å²) in [5, 5.41) is 21.5. The maximum atomic E-state index is 13.6. The van der Waals surface area contributed by atoms with Gasteiger partial charge in [0.2, 0.25) is 40.7 Å². The molecule has 0 aliphatic heterocycles. The Labute approximate surface area is 342 Å². The van der Waals surface area contributed by atoms with Gasteiger partial charge in [0.1, 0.15) is 37.3 Å². The van der Waals surface area contributed by atoms with Gasteiger partial charge in [0.25, 0.3) is 0 Å².